The minimum atomic E-state index is -4.44. The summed E-state index contributed by atoms with van der Waals surface area (Å²) in [4.78, 5) is 4.09. The number of rotatable bonds is 1. The summed E-state index contributed by atoms with van der Waals surface area (Å²) in [5.41, 5.74) is 6.06. The van der Waals surface area contributed by atoms with E-state index in [1.165, 1.54) is 4.40 Å². The van der Waals surface area contributed by atoms with E-state index in [9.17, 15) is 13.2 Å². The summed E-state index contributed by atoms with van der Waals surface area (Å²) in [5, 5.41) is -0.0392. The Labute approximate surface area is 100 Å². The molecular weight excluding hydrogens is 255 g/mol. The van der Waals surface area contributed by atoms with Gasteiger partial charge in [-0.1, -0.05) is 11.6 Å². The maximum absolute atomic E-state index is 12.6. The Balaban J connectivity index is 2.79. The second kappa shape index (κ2) is 3.89. The predicted octanol–water partition coefficient (Wildman–Crippen LogP) is 2.77. The largest absolute Gasteiger partial charge is 0.417 e. The third-order valence-electron chi connectivity index (χ3n) is 2.49. The zero-order chi connectivity index (χ0) is 12.8. The van der Waals surface area contributed by atoms with E-state index in [2.05, 4.69) is 4.98 Å². The van der Waals surface area contributed by atoms with Gasteiger partial charge in [-0.25, -0.2) is 4.98 Å². The van der Waals surface area contributed by atoms with Gasteiger partial charge in [0.2, 0.25) is 0 Å². The normalized spacial score (nSPS) is 12.4. The van der Waals surface area contributed by atoms with E-state index in [1.807, 2.05) is 0 Å². The van der Waals surface area contributed by atoms with Gasteiger partial charge in [0.1, 0.15) is 0 Å². The van der Waals surface area contributed by atoms with Gasteiger partial charge in [-0.3, -0.25) is 0 Å². The second-order valence-electron chi connectivity index (χ2n) is 3.62. The molecule has 3 nitrogen and oxygen atoms in total. The van der Waals surface area contributed by atoms with Crippen LogP contribution in [0, 0.1) is 6.92 Å². The third-order valence-corrected chi connectivity index (χ3v) is 2.77. The van der Waals surface area contributed by atoms with Gasteiger partial charge in [0, 0.05) is 12.7 Å². The average molecular weight is 264 g/mol. The molecule has 2 aromatic rings. The predicted molar refractivity (Wildman–Crippen MR) is 57.8 cm³/mol. The van der Waals surface area contributed by atoms with Gasteiger partial charge in [-0.05, 0) is 13.0 Å². The Kier molecular flexibility index (Phi) is 2.79. The van der Waals surface area contributed by atoms with Gasteiger partial charge in [-0.15, -0.1) is 0 Å². The van der Waals surface area contributed by atoms with Crippen LogP contribution in [0.5, 0.6) is 0 Å². The van der Waals surface area contributed by atoms with Crippen molar-refractivity contribution in [2.24, 2.45) is 5.73 Å². The summed E-state index contributed by atoms with van der Waals surface area (Å²) in [6.07, 6.45) is -3.48. The summed E-state index contributed by atoms with van der Waals surface area (Å²) >= 11 is 5.79. The van der Waals surface area contributed by atoms with Crippen molar-refractivity contribution in [1.82, 2.24) is 9.38 Å². The van der Waals surface area contributed by atoms with Gasteiger partial charge in [0.15, 0.2) is 5.65 Å². The molecule has 0 aliphatic heterocycles. The SMILES string of the molecule is Cc1nc2c(Cl)cc(C(F)(F)F)cn2c1CN. The van der Waals surface area contributed by atoms with Gasteiger partial charge in [0.05, 0.1) is 22.0 Å². The number of fused-ring (bicyclic) bond motifs is 1. The van der Waals surface area contributed by atoms with Crippen LogP contribution in [0.25, 0.3) is 5.65 Å². The topological polar surface area (TPSA) is 43.3 Å². The minimum absolute atomic E-state index is 0.0392. The highest BCUT2D eigenvalue weighted by Crippen LogP contribution is 2.32. The Hall–Kier alpha value is -1.27. The molecule has 92 valence electrons. The van der Waals surface area contributed by atoms with Crippen molar-refractivity contribution in [2.45, 2.75) is 19.6 Å². The quantitative estimate of drug-likeness (QED) is 0.860. The molecule has 0 saturated heterocycles. The molecule has 0 radical (unpaired) electrons. The summed E-state index contributed by atoms with van der Waals surface area (Å²) in [6, 6.07) is 0.865. The number of halogens is 4. The van der Waals surface area contributed by atoms with E-state index < -0.39 is 11.7 Å². The molecule has 0 saturated carbocycles. The van der Waals surface area contributed by atoms with E-state index in [1.54, 1.807) is 6.92 Å². The first kappa shape index (κ1) is 12.2. The monoisotopic (exact) mass is 263 g/mol. The van der Waals surface area contributed by atoms with Crippen LogP contribution in [0.15, 0.2) is 12.3 Å². The van der Waals surface area contributed by atoms with Crippen LogP contribution >= 0.6 is 11.6 Å². The van der Waals surface area contributed by atoms with E-state index in [0.717, 1.165) is 12.3 Å². The lowest BCUT2D eigenvalue weighted by Gasteiger charge is -2.09. The number of aryl methyl sites for hydroxylation is 1. The first-order valence-corrected chi connectivity index (χ1v) is 5.16. The van der Waals surface area contributed by atoms with Crippen molar-refractivity contribution < 1.29 is 13.2 Å². The molecule has 0 spiro atoms. The molecule has 0 aromatic carbocycles. The van der Waals surface area contributed by atoms with Crippen LogP contribution in [0.3, 0.4) is 0 Å². The molecule has 0 fully saturated rings. The fraction of sp³-hybridized carbons (Fsp3) is 0.300. The highest BCUT2D eigenvalue weighted by Gasteiger charge is 2.32. The number of aromatic nitrogens is 2. The minimum Gasteiger partial charge on any atom is -0.325 e. The lowest BCUT2D eigenvalue weighted by atomic mass is 10.2. The first-order chi connectivity index (χ1) is 7.84. The summed E-state index contributed by atoms with van der Waals surface area (Å²) in [5.74, 6) is 0. The van der Waals surface area contributed by atoms with Crippen molar-refractivity contribution in [3.63, 3.8) is 0 Å². The molecule has 0 bridgehead atoms. The molecule has 0 aliphatic carbocycles. The van der Waals surface area contributed by atoms with Gasteiger partial charge >= 0.3 is 6.18 Å². The van der Waals surface area contributed by atoms with Gasteiger partial charge in [-0.2, -0.15) is 13.2 Å². The van der Waals surface area contributed by atoms with Crippen molar-refractivity contribution in [3.05, 3.63) is 34.2 Å². The number of hydrogen-bond donors (Lipinski definition) is 1. The molecule has 2 aromatic heterocycles. The first-order valence-electron chi connectivity index (χ1n) is 4.79. The Morgan fingerprint density at radius 1 is 1.47 bits per heavy atom. The lowest BCUT2D eigenvalue weighted by molar-refractivity contribution is -0.137. The second-order valence-corrected chi connectivity index (χ2v) is 4.02. The summed E-state index contributed by atoms with van der Waals surface area (Å²) < 4.78 is 39.1. The maximum Gasteiger partial charge on any atom is 0.417 e. The number of hydrogen-bond acceptors (Lipinski definition) is 2. The summed E-state index contributed by atoms with van der Waals surface area (Å²) in [6.45, 7) is 1.78. The molecule has 0 unspecified atom stereocenters. The molecule has 2 heterocycles. The standard InChI is InChI=1S/C10H9ClF3N3/c1-5-8(3-15)17-4-6(10(12,13)14)2-7(11)9(17)16-5/h2,4H,3,15H2,1H3. The van der Waals surface area contributed by atoms with Crippen molar-refractivity contribution >= 4 is 17.2 Å². The van der Waals surface area contributed by atoms with Crippen molar-refractivity contribution in [3.8, 4) is 0 Å². The number of nitrogens with two attached hydrogens (primary N) is 1. The summed E-state index contributed by atoms with van der Waals surface area (Å²) in [7, 11) is 0. The third kappa shape index (κ3) is 1.98. The zero-order valence-electron chi connectivity index (χ0n) is 8.85. The molecule has 2 N–H and O–H groups in total. The number of alkyl halides is 3. The molecule has 2 rings (SSSR count). The van der Waals surface area contributed by atoms with Crippen LogP contribution in [-0.4, -0.2) is 9.38 Å². The van der Waals surface area contributed by atoms with Crippen LogP contribution in [0.4, 0.5) is 13.2 Å². The van der Waals surface area contributed by atoms with Gasteiger partial charge in [0.25, 0.3) is 0 Å². The Morgan fingerprint density at radius 3 is 2.65 bits per heavy atom. The fourth-order valence-corrected chi connectivity index (χ4v) is 1.92. The molecule has 0 atom stereocenters. The lowest BCUT2D eigenvalue weighted by Crippen LogP contribution is -2.09. The van der Waals surface area contributed by atoms with E-state index >= 15 is 0 Å². The van der Waals surface area contributed by atoms with Crippen LogP contribution in [-0.2, 0) is 12.7 Å². The van der Waals surface area contributed by atoms with Crippen molar-refractivity contribution in [1.29, 1.82) is 0 Å². The average Bonchev–Trinajstić information content (AvgIpc) is 2.53. The fourth-order valence-electron chi connectivity index (χ4n) is 1.67. The van der Waals surface area contributed by atoms with Crippen LogP contribution in [0.2, 0.25) is 5.02 Å². The highest BCUT2D eigenvalue weighted by molar-refractivity contribution is 6.33. The molecule has 0 amide bonds. The highest BCUT2D eigenvalue weighted by atomic mass is 35.5. The molecule has 0 aliphatic rings. The molecular formula is C10H9ClF3N3. The van der Waals surface area contributed by atoms with E-state index in [0.29, 0.717) is 11.4 Å². The van der Waals surface area contributed by atoms with Crippen LogP contribution in [0.1, 0.15) is 17.0 Å². The van der Waals surface area contributed by atoms with Gasteiger partial charge < -0.3 is 10.1 Å². The van der Waals surface area contributed by atoms with Crippen molar-refractivity contribution in [2.75, 3.05) is 0 Å². The molecule has 7 heteroatoms. The smallest absolute Gasteiger partial charge is 0.325 e. The van der Waals surface area contributed by atoms with E-state index in [4.69, 9.17) is 17.3 Å². The maximum atomic E-state index is 12.6. The number of imidazole rings is 1. The zero-order valence-corrected chi connectivity index (χ0v) is 9.60. The number of pyridine rings is 1. The Bertz CT molecular complexity index is 574. The molecule has 17 heavy (non-hydrogen) atoms. The van der Waals surface area contributed by atoms with Crippen LogP contribution < -0.4 is 5.73 Å². The van der Waals surface area contributed by atoms with E-state index in [-0.39, 0.29) is 17.2 Å². The number of nitrogens with zero attached hydrogens (tertiary/aromatic N) is 2. The Morgan fingerprint density at radius 2 is 2.12 bits per heavy atom.